The van der Waals surface area contributed by atoms with Gasteiger partial charge in [0.05, 0.1) is 6.26 Å². The van der Waals surface area contributed by atoms with Gasteiger partial charge in [0.15, 0.2) is 0 Å². The molecule has 1 unspecified atom stereocenters. The second-order valence-electron chi connectivity index (χ2n) is 6.23. The molecule has 0 aliphatic heterocycles. The smallest absolute Gasteiger partial charge is 0.209 e. The number of nitrogens with one attached hydrogen (secondary N) is 2. The molecule has 0 saturated carbocycles. The Hall–Kier alpha value is -0.130. The molecule has 0 saturated heterocycles. The van der Waals surface area contributed by atoms with Crippen LogP contribution >= 0.6 is 0 Å². The molecule has 0 aliphatic rings. The van der Waals surface area contributed by atoms with Gasteiger partial charge in [-0.05, 0) is 26.2 Å². The van der Waals surface area contributed by atoms with E-state index >= 15 is 0 Å². The van der Waals surface area contributed by atoms with Gasteiger partial charge in [-0.1, -0.05) is 20.8 Å². The minimum absolute atomic E-state index is 0.168. The normalized spacial score (nSPS) is 16.2. The summed E-state index contributed by atoms with van der Waals surface area (Å²) in [4.78, 5) is 0. The van der Waals surface area contributed by atoms with Crippen molar-refractivity contribution in [1.29, 1.82) is 0 Å². The zero-order valence-corrected chi connectivity index (χ0v) is 12.3. The first-order valence-corrected chi connectivity index (χ1v) is 7.45. The van der Waals surface area contributed by atoms with Crippen LogP contribution in [0.15, 0.2) is 0 Å². The van der Waals surface area contributed by atoms with E-state index in [4.69, 9.17) is 0 Å². The first-order valence-electron chi connectivity index (χ1n) is 5.56. The van der Waals surface area contributed by atoms with Crippen molar-refractivity contribution < 1.29 is 8.42 Å². The van der Waals surface area contributed by atoms with Crippen molar-refractivity contribution in [2.24, 2.45) is 5.41 Å². The molecule has 0 amide bonds. The maximum absolute atomic E-state index is 11.1. The van der Waals surface area contributed by atoms with Crippen molar-refractivity contribution in [1.82, 2.24) is 10.0 Å². The van der Waals surface area contributed by atoms with E-state index in [-0.39, 0.29) is 5.41 Å². The molecule has 0 aliphatic carbocycles. The van der Waals surface area contributed by atoms with E-state index < -0.39 is 15.6 Å². The quantitative estimate of drug-likeness (QED) is 0.774. The van der Waals surface area contributed by atoms with Crippen LogP contribution in [0.2, 0.25) is 0 Å². The summed E-state index contributed by atoms with van der Waals surface area (Å²) in [6.45, 7) is 12.9. The summed E-state index contributed by atoms with van der Waals surface area (Å²) in [6.07, 6.45) is 1.18. The van der Waals surface area contributed by atoms with E-state index in [9.17, 15) is 8.42 Å². The highest BCUT2D eigenvalue weighted by molar-refractivity contribution is 7.88. The largest absolute Gasteiger partial charge is 0.312 e. The van der Waals surface area contributed by atoms with Crippen molar-refractivity contribution in [3.8, 4) is 0 Å². The van der Waals surface area contributed by atoms with Crippen LogP contribution in [0.25, 0.3) is 0 Å². The van der Waals surface area contributed by atoms with Crippen LogP contribution < -0.4 is 10.0 Å². The predicted molar refractivity (Wildman–Crippen MR) is 69.0 cm³/mol. The average Bonchev–Trinajstić information content (AvgIpc) is 1.93. The minimum atomic E-state index is -3.16. The Morgan fingerprint density at radius 3 is 1.88 bits per heavy atom. The van der Waals surface area contributed by atoms with E-state index in [1.165, 1.54) is 6.26 Å². The maximum Gasteiger partial charge on any atom is 0.209 e. The molecule has 5 heteroatoms. The Labute approximate surface area is 100 Å². The number of hydrogen-bond acceptors (Lipinski definition) is 3. The summed E-state index contributed by atoms with van der Waals surface area (Å²) in [7, 11) is -3.16. The van der Waals surface area contributed by atoms with Gasteiger partial charge in [-0.2, -0.15) is 0 Å². The fraction of sp³-hybridized carbons (Fsp3) is 1.00. The summed E-state index contributed by atoms with van der Waals surface area (Å²) >= 11 is 0. The second-order valence-corrected chi connectivity index (χ2v) is 7.98. The molecule has 2 N–H and O–H groups in total. The molecule has 1 atom stereocenters. The lowest BCUT2D eigenvalue weighted by molar-refractivity contribution is 0.266. The van der Waals surface area contributed by atoms with Crippen molar-refractivity contribution in [3.63, 3.8) is 0 Å². The van der Waals surface area contributed by atoms with Gasteiger partial charge in [0.2, 0.25) is 10.0 Å². The van der Waals surface area contributed by atoms with E-state index in [2.05, 4.69) is 37.7 Å². The van der Waals surface area contributed by atoms with E-state index in [0.717, 1.165) is 0 Å². The third kappa shape index (κ3) is 7.19. The molecule has 0 aromatic heterocycles. The van der Waals surface area contributed by atoms with E-state index in [1.807, 2.05) is 13.8 Å². The summed E-state index contributed by atoms with van der Waals surface area (Å²) in [5, 5.41) is 3.36. The molecule has 98 valence electrons. The van der Waals surface area contributed by atoms with Crippen LogP contribution in [0.1, 0.15) is 41.5 Å². The van der Waals surface area contributed by atoms with E-state index in [1.54, 1.807) is 0 Å². The highest BCUT2D eigenvalue weighted by Crippen LogP contribution is 2.18. The van der Waals surface area contributed by atoms with Gasteiger partial charge in [-0.3, -0.25) is 0 Å². The van der Waals surface area contributed by atoms with Crippen LogP contribution in [0.4, 0.5) is 0 Å². The van der Waals surface area contributed by atoms with Crippen molar-refractivity contribution in [3.05, 3.63) is 0 Å². The number of rotatable bonds is 5. The average molecular weight is 250 g/mol. The standard InChI is InChI=1S/C11H26N2O2S/c1-9(10(2,3)4)12-8-11(5,6)13-16(7,14)15/h9,12-13H,8H2,1-7H3. The maximum atomic E-state index is 11.1. The van der Waals surface area contributed by atoms with E-state index in [0.29, 0.717) is 12.6 Å². The number of sulfonamides is 1. The molecule has 0 radical (unpaired) electrons. The van der Waals surface area contributed by atoms with Crippen molar-refractivity contribution >= 4 is 10.0 Å². The highest BCUT2D eigenvalue weighted by Gasteiger charge is 2.25. The van der Waals surface area contributed by atoms with Crippen molar-refractivity contribution in [2.45, 2.75) is 53.1 Å². The van der Waals surface area contributed by atoms with Crippen LogP contribution in [0, 0.1) is 5.41 Å². The lowest BCUT2D eigenvalue weighted by Gasteiger charge is -2.33. The van der Waals surface area contributed by atoms with Crippen LogP contribution in [-0.2, 0) is 10.0 Å². The zero-order chi connectivity index (χ0) is 13.2. The second kappa shape index (κ2) is 5.02. The highest BCUT2D eigenvalue weighted by atomic mass is 32.2. The first kappa shape index (κ1) is 15.9. The van der Waals surface area contributed by atoms with Gasteiger partial charge >= 0.3 is 0 Å². The molecule has 16 heavy (non-hydrogen) atoms. The summed E-state index contributed by atoms with van der Waals surface area (Å²) in [6, 6.07) is 0.327. The Morgan fingerprint density at radius 2 is 1.56 bits per heavy atom. The topological polar surface area (TPSA) is 58.2 Å². The SMILES string of the molecule is CC(NCC(C)(C)NS(C)(=O)=O)C(C)(C)C. The third-order valence-electron chi connectivity index (χ3n) is 2.61. The Bertz CT molecular complexity index is 315. The summed E-state index contributed by atoms with van der Waals surface area (Å²) in [5.74, 6) is 0. The lowest BCUT2D eigenvalue weighted by atomic mass is 9.87. The Morgan fingerprint density at radius 1 is 1.12 bits per heavy atom. The zero-order valence-electron chi connectivity index (χ0n) is 11.5. The van der Waals surface area contributed by atoms with Crippen LogP contribution in [-0.4, -0.2) is 32.8 Å². The molecule has 0 aromatic rings. The summed E-state index contributed by atoms with van der Waals surface area (Å²) in [5.41, 5.74) is -0.297. The third-order valence-corrected chi connectivity index (χ3v) is 3.53. The monoisotopic (exact) mass is 250 g/mol. The van der Waals surface area contributed by atoms with Gasteiger partial charge in [-0.25, -0.2) is 13.1 Å². The van der Waals surface area contributed by atoms with Gasteiger partial charge in [-0.15, -0.1) is 0 Å². The molecule has 0 heterocycles. The number of hydrogen-bond donors (Lipinski definition) is 2. The molecule has 0 fully saturated rings. The molecule has 0 rings (SSSR count). The fourth-order valence-electron chi connectivity index (χ4n) is 1.25. The predicted octanol–water partition coefficient (Wildman–Crippen LogP) is 1.34. The fourth-order valence-corrected chi connectivity index (χ4v) is 2.33. The Balaban J connectivity index is 4.30. The van der Waals surface area contributed by atoms with Crippen molar-refractivity contribution in [2.75, 3.05) is 12.8 Å². The minimum Gasteiger partial charge on any atom is -0.312 e. The van der Waals surface area contributed by atoms with Gasteiger partial charge in [0.25, 0.3) is 0 Å². The molecular weight excluding hydrogens is 224 g/mol. The van der Waals surface area contributed by atoms with Crippen LogP contribution in [0.3, 0.4) is 0 Å². The Kier molecular flexibility index (Phi) is 4.98. The molecule has 0 aromatic carbocycles. The molecular formula is C11H26N2O2S. The first-order chi connectivity index (χ1) is 6.83. The molecule has 4 nitrogen and oxygen atoms in total. The molecule has 0 spiro atoms. The van der Waals surface area contributed by atoms with Gasteiger partial charge < -0.3 is 5.32 Å². The summed E-state index contributed by atoms with van der Waals surface area (Å²) < 4.78 is 24.9. The van der Waals surface area contributed by atoms with Gasteiger partial charge in [0, 0.05) is 18.1 Å². The van der Waals surface area contributed by atoms with Crippen LogP contribution in [0.5, 0.6) is 0 Å². The molecule has 0 bridgehead atoms. The lowest BCUT2D eigenvalue weighted by Crippen LogP contribution is -2.53. The van der Waals surface area contributed by atoms with Gasteiger partial charge in [0.1, 0.15) is 0 Å².